The summed E-state index contributed by atoms with van der Waals surface area (Å²) in [6, 6.07) is 86.1. The fraction of sp³-hybridized carbons (Fsp3) is 0. The van der Waals surface area contributed by atoms with E-state index in [1.165, 1.54) is 86.6 Å². The van der Waals surface area contributed by atoms with Crippen LogP contribution in [0.4, 0.5) is 17.1 Å². The van der Waals surface area contributed by atoms with E-state index in [1.807, 2.05) is 11.3 Å². The fourth-order valence-electron chi connectivity index (χ4n) is 8.87. The third-order valence-corrected chi connectivity index (χ3v) is 12.8. The minimum Gasteiger partial charge on any atom is -0.310 e. The monoisotopic (exact) mass is 781 g/mol. The van der Waals surface area contributed by atoms with Crippen molar-refractivity contribution in [2.45, 2.75) is 0 Å². The van der Waals surface area contributed by atoms with Crippen LogP contribution in [0.3, 0.4) is 0 Å². The van der Waals surface area contributed by atoms with E-state index in [1.54, 1.807) is 0 Å². The summed E-state index contributed by atoms with van der Waals surface area (Å²) >= 11 is 1.86. The van der Waals surface area contributed by atoms with Gasteiger partial charge in [-0.25, -0.2) is 0 Å². The van der Waals surface area contributed by atoms with Gasteiger partial charge in [0, 0.05) is 37.2 Å². The number of anilines is 3. The summed E-state index contributed by atoms with van der Waals surface area (Å²) < 4.78 is 2.59. The Kier molecular flexibility index (Phi) is 9.11. The van der Waals surface area contributed by atoms with Gasteiger partial charge in [0.25, 0.3) is 0 Å². The maximum atomic E-state index is 2.40. The molecule has 11 rings (SSSR count). The number of benzene rings is 10. The van der Waals surface area contributed by atoms with E-state index in [0.717, 1.165) is 17.1 Å². The highest BCUT2D eigenvalue weighted by atomic mass is 32.1. The Morgan fingerprint density at radius 2 is 0.733 bits per heavy atom. The number of hydrogen-bond acceptors (Lipinski definition) is 2. The topological polar surface area (TPSA) is 3.24 Å². The number of nitrogens with zero attached hydrogens (tertiary/aromatic N) is 1. The Morgan fingerprint density at radius 3 is 1.38 bits per heavy atom. The van der Waals surface area contributed by atoms with Crippen molar-refractivity contribution in [2.24, 2.45) is 0 Å². The van der Waals surface area contributed by atoms with Crippen LogP contribution >= 0.6 is 11.3 Å². The van der Waals surface area contributed by atoms with Crippen LogP contribution in [0.25, 0.3) is 86.6 Å². The highest BCUT2D eigenvalue weighted by Gasteiger charge is 2.18. The molecule has 0 spiro atoms. The lowest BCUT2D eigenvalue weighted by Gasteiger charge is -2.26. The largest absolute Gasteiger partial charge is 0.310 e. The maximum Gasteiger partial charge on any atom is 0.0476 e. The van der Waals surface area contributed by atoms with Gasteiger partial charge in [-0.3, -0.25) is 0 Å². The van der Waals surface area contributed by atoms with Gasteiger partial charge < -0.3 is 4.90 Å². The van der Waals surface area contributed by atoms with E-state index in [9.17, 15) is 0 Å². The van der Waals surface area contributed by atoms with E-state index < -0.39 is 0 Å². The number of rotatable bonds is 8. The summed E-state index contributed by atoms with van der Waals surface area (Å²) in [5, 5.41) is 5.10. The Balaban J connectivity index is 1.02. The lowest BCUT2D eigenvalue weighted by atomic mass is 9.89. The summed E-state index contributed by atoms with van der Waals surface area (Å²) in [5.74, 6) is 0. The van der Waals surface area contributed by atoms with Gasteiger partial charge in [-0.05, 0) is 109 Å². The number of hydrogen-bond donors (Lipinski definition) is 0. The van der Waals surface area contributed by atoms with E-state index in [0.29, 0.717) is 0 Å². The molecule has 0 bridgehead atoms. The molecule has 0 aliphatic carbocycles. The lowest BCUT2D eigenvalue weighted by Crippen LogP contribution is -2.09. The molecular formula is C58H39NS. The molecule has 0 radical (unpaired) electrons. The van der Waals surface area contributed by atoms with Gasteiger partial charge in [-0.2, -0.15) is 0 Å². The Morgan fingerprint density at radius 1 is 0.267 bits per heavy atom. The molecule has 0 aliphatic rings. The molecule has 1 aromatic heterocycles. The van der Waals surface area contributed by atoms with Crippen molar-refractivity contribution in [1.82, 2.24) is 0 Å². The van der Waals surface area contributed by atoms with E-state index in [4.69, 9.17) is 0 Å². The van der Waals surface area contributed by atoms with Crippen molar-refractivity contribution >= 4 is 59.3 Å². The van der Waals surface area contributed by atoms with Gasteiger partial charge in [0.2, 0.25) is 0 Å². The van der Waals surface area contributed by atoms with Crippen LogP contribution in [-0.2, 0) is 0 Å². The summed E-state index contributed by atoms with van der Waals surface area (Å²) in [5.41, 5.74) is 15.5. The molecule has 282 valence electrons. The smallest absolute Gasteiger partial charge is 0.0476 e. The molecule has 0 saturated carbocycles. The van der Waals surface area contributed by atoms with Crippen LogP contribution in [0, 0.1) is 0 Å². The molecule has 1 heterocycles. The lowest BCUT2D eigenvalue weighted by molar-refractivity contribution is 1.29. The zero-order chi connectivity index (χ0) is 39.8. The molecular weight excluding hydrogens is 743 g/mol. The van der Waals surface area contributed by atoms with Crippen LogP contribution in [0.2, 0.25) is 0 Å². The third kappa shape index (κ3) is 6.44. The van der Waals surface area contributed by atoms with Gasteiger partial charge in [-0.15, -0.1) is 11.3 Å². The molecule has 0 atom stereocenters. The Labute approximate surface area is 354 Å². The minimum absolute atomic E-state index is 1.10. The van der Waals surface area contributed by atoms with Crippen LogP contribution in [0.1, 0.15) is 0 Å². The molecule has 11 aromatic rings. The van der Waals surface area contributed by atoms with Crippen molar-refractivity contribution in [3.63, 3.8) is 0 Å². The van der Waals surface area contributed by atoms with Crippen LogP contribution in [0.15, 0.2) is 237 Å². The first-order chi connectivity index (χ1) is 29.8. The fourth-order valence-corrected chi connectivity index (χ4v) is 10.0. The van der Waals surface area contributed by atoms with Gasteiger partial charge in [0.15, 0.2) is 0 Å². The van der Waals surface area contributed by atoms with E-state index in [-0.39, 0.29) is 0 Å². The summed E-state index contributed by atoms with van der Waals surface area (Å²) in [6.07, 6.45) is 0. The number of thiophene rings is 1. The van der Waals surface area contributed by atoms with E-state index >= 15 is 0 Å². The van der Waals surface area contributed by atoms with Crippen LogP contribution in [-0.4, -0.2) is 0 Å². The first kappa shape index (κ1) is 35.6. The van der Waals surface area contributed by atoms with Crippen molar-refractivity contribution < 1.29 is 0 Å². The van der Waals surface area contributed by atoms with Crippen molar-refractivity contribution in [3.05, 3.63) is 237 Å². The van der Waals surface area contributed by atoms with Crippen LogP contribution < -0.4 is 4.90 Å². The predicted molar refractivity (Wildman–Crippen MR) is 259 cm³/mol. The second-order valence-electron chi connectivity index (χ2n) is 15.2. The second kappa shape index (κ2) is 15.3. The van der Waals surface area contributed by atoms with Crippen LogP contribution in [0.5, 0.6) is 0 Å². The molecule has 60 heavy (non-hydrogen) atoms. The molecule has 2 heteroatoms. The first-order valence-electron chi connectivity index (χ1n) is 20.5. The quantitative estimate of drug-likeness (QED) is 0.148. The van der Waals surface area contributed by atoms with Gasteiger partial charge in [-0.1, -0.05) is 194 Å². The standard InChI is InChI=1S/C58H39NS/c1-3-15-40(16-4-1)48-20-9-11-23-52(48)53-24-12-10-21-49(53)42-27-32-45(33-28-42)59(47-36-38-55-54-25-13-14-26-56(54)60-57(55)39-47)46-34-29-43(30-35-46)51-37-31-41-17-7-8-22-50(41)58(51)44-18-5-2-6-19-44/h1-39H. The third-order valence-electron chi connectivity index (χ3n) is 11.7. The molecule has 10 aromatic carbocycles. The molecule has 0 amide bonds. The molecule has 0 saturated heterocycles. The highest BCUT2D eigenvalue weighted by Crippen LogP contribution is 2.44. The van der Waals surface area contributed by atoms with Gasteiger partial charge in [0.05, 0.1) is 0 Å². The molecule has 0 aliphatic heterocycles. The second-order valence-corrected chi connectivity index (χ2v) is 16.3. The molecule has 0 unspecified atom stereocenters. The van der Waals surface area contributed by atoms with Crippen molar-refractivity contribution in [2.75, 3.05) is 4.90 Å². The summed E-state index contributed by atoms with van der Waals surface area (Å²) in [7, 11) is 0. The number of fused-ring (bicyclic) bond motifs is 4. The maximum absolute atomic E-state index is 2.40. The molecule has 1 nitrogen and oxygen atoms in total. The van der Waals surface area contributed by atoms with Crippen molar-refractivity contribution in [3.8, 4) is 55.6 Å². The normalized spacial score (nSPS) is 11.3. The zero-order valence-electron chi connectivity index (χ0n) is 32.9. The zero-order valence-corrected chi connectivity index (χ0v) is 33.7. The molecule has 0 fully saturated rings. The first-order valence-corrected chi connectivity index (χ1v) is 21.3. The predicted octanol–water partition coefficient (Wildman–Crippen LogP) is 17.0. The van der Waals surface area contributed by atoms with Crippen molar-refractivity contribution in [1.29, 1.82) is 0 Å². The highest BCUT2D eigenvalue weighted by molar-refractivity contribution is 7.25. The average Bonchev–Trinajstić information content (AvgIpc) is 3.70. The SMILES string of the molecule is c1ccc(-c2ccccc2-c2ccccc2-c2ccc(N(c3ccc(-c4ccc5ccccc5c4-c4ccccc4)cc3)c3ccc4c(c3)sc3ccccc34)cc2)cc1. The Hall–Kier alpha value is -7.52. The molecule has 0 N–H and O–H groups in total. The van der Waals surface area contributed by atoms with E-state index in [2.05, 4.69) is 241 Å². The van der Waals surface area contributed by atoms with Gasteiger partial charge in [0.1, 0.15) is 0 Å². The van der Waals surface area contributed by atoms with Gasteiger partial charge >= 0.3 is 0 Å². The average molecular weight is 782 g/mol. The minimum atomic E-state index is 1.10. The summed E-state index contributed by atoms with van der Waals surface area (Å²) in [6.45, 7) is 0. The summed E-state index contributed by atoms with van der Waals surface area (Å²) in [4.78, 5) is 2.40. The Bertz CT molecular complexity index is 3290.